The molecule has 2 aromatic heterocycles. The highest BCUT2D eigenvalue weighted by Crippen LogP contribution is 2.28. The molecule has 1 N–H and O–H groups in total. The van der Waals surface area contributed by atoms with Gasteiger partial charge in [0.2, 0.25) is 0 Å². The van der Waals surface area contributed by atoms with Crippen LogP contribution < -0.4 is 5.32 Å². The van der Waals surface area contributed by atoms with Gasteiger partial charge in [-0.15, -0.1) is 0 Å². The summed E-state index contributed by atoms with van der Waals surface area (Å²) in [6.45, 7) is 0. The molecule has 0 radical (unpaired) electrons. The third-order valence-corrected chi connectivity index (χ3v) is 4.13. The molecule has 0 spiro atoms. The summed E-state index contributed by atoms with van der Waals surface area (Å²) in [5.74, 6) is 0.00212. The van der Waals surface area contributed by atoms with Crippen LogP contribution in [-0.4, -0.2) is 10.9 Å². The average molecular weight is 358 g/mol. The van der Waals surface area contributed by atoms with Gasteiger partial charge in [0.25, 0.3) is 5.91 Å². The molecule has 5 heteroatoms. The van der Waals surface area contributed by atoms with Gasteiger partial charge in [-0.2, -0.15) is 0 Å². The Morgan fingerprint density at radius 1 is 0.852 bits per heavy atom. The van der Waals surface area contributed by atoms with Gasteiger partial charge in [-0.05, 0) is 60.2 Å². The van der Waals surface area contributed by atoms with Crippen molar-refractivity contribution in [1.82, 2.24) is 4.98 Å². The maximum Gasteiger partial charge on any atom is 0.291 e. The minimum atomic E-state index is -0.357. The van der Waals surface area contributed by atoms with Crippen LogP contribution in [0, 0.1) is 5.82 Å². The van der Waals surface area contributed by atoms with E-state index in [1.807, 2.05) is 36.4 Å². The summed E-state index contributed by atoms with van der Waals surface area (Å²) in [5, 5.41) is 2.89. The van der Waals surface area contributed by atoms with Crippen molar-refractivity contribution in [3.63, 3.8) is 0 Å². The van der Waals surface area contributed by atoms with E-state index < -0.39 is 0 Å². The largest absolute Gasteiger partial charge is 0.451 e. The number of para-hydroxylation sites is 1. The zero-order chi connectivity index (χ0) is 18.6. The van der Waals surface area contributed by atoms with Crippen molar-refractivity contribution in [3.05, 3.63) is 96.8 Å². The Morgan fingerprint density at radius 2 is 1.59 bits per heavy atom. The molecular weight excluding hydrogens is 343 g/mol. The van der Waals surface area contributed by atoms with Crippen LogP contribution in [-0.2, 0) is 0 Å². The molecule has 0 saturated carbocycles. The van der Waals surface area contributed by atoms with Gasteiger partial charge in [-0.1, -0.05) is 18.2 Å². The monoisotopic (exact) mass is 358 g/mol. The first-order valence-electron chi connectivity index (χ1n) is 8.37. The highest BCUT2D eigenvalue weighted by atomic mass is 19.1. The molecule has 0 aliphatic rings. The number of aromatic nitrogens is 1. The number of anilines is 1. The van der Waals surface area contributed by atoms with Crippen LogP contribution in [0.15, 0.2) is 89.6 Å². The van der Waals surface area contributed by atoms with Crippen LogP contribution in [0.1, 0.15) is 10.6 Å². The van der Waals surface area contributed by atoms with Crippen LogP contribution in [0.5, 0.6) is 0 Å². The molecule has 0 fully saturated rings. The lowest BCUT2D eigenvalue weighted by Gasteiger charge is -2.10. The van der Waals surface area contributed by atoms with E-state index in [0.29, 0.717) is 17.0 Å². The first-order chi connectivity index (χ1) is 13.2. The Bertz CT molecular complexity index is 1070. The van der Waals surface area contributed by atoms with Crippen LogP contribution in [0.4, 0.5) is 10.1 Å². The maximum absolute atomic E-state index is 13.1. The molecule has 0 bridgehead atoms. The summed E-state index contributed by atoms with van der Waals surface area (Å²) in [4.78, 5) is 16.6. The number of carbonyl (C=O) groups is 1. The zero-order valence-corrected chi connectivity index (χ0v) is 14.2. The van der Waals surface area contributed by atoms with E-state index in [-0.39, 0.29) is 17.5 Å². The second-order valence-corrected chi connectivity index (χ2v) is 5.91. The fourth-order valence-corrected chi connectivity index (χ4v) is 2.79. The van der Waals surface area contributed by atoms with Crippen molar-refractivity contribution >= 4 is 11.6 Å². The van der Waals surface area contributed by atoms with Gasteiger partial charge >= 0.3 is 0 Å². The molecule has 0 atom stereocenters. The molecule has 2 aromatic carbocycles. The normalized spacial score (nSPS) is 10.6. The van der Waals surface area contributed by atoms with E-state index >= 15 is 0 Å². The number of carbonyl (C=O) groups excluding carboxylic acids is 1. The molecular formula is C22H15FN2O2. The van der Waals surface area contributed by atoms with Gasteiger partial charge in [0.15, 0.2) is 5.76 Å². The summed E-state index contributed by atoms with van der Waals surface area (Å²) in [7, 11) is 0. The summed E-state index contributed by atoms with van der Waals surface area (Å²) >= 11 is 0. The highest BCUT2D eigenvalue weighted by Gasteiger charge is 2.14. The number of halogens is 1. The van der Waals surface area contributed by atoms with E-state index in [0.717, 1.165) is 11.1 Å². The minimum Gasteiger partial charge on any atom is -0.451 e. The Labute approximate surface area is 155 Å². The molecule has 0 unspecified atom stereocenters. The molecule has 4 rings (SSSR count). The van der Waals surface area contributed by atoms with Crippen molar-refractivity contribution < 1.29 is 13.6 Å². The predicted molar refractivity (Wildman–Crippen MR) is 102 cm³/mol. The van der Waals surface area contributed by atoms with E-state index in [1.54, 1.807) is 36.7 Å². The van der Waals surface area contributed by atoms with Crippen LogP contribution in [0.2, 0.25) is 0 Å². The van der Waals surface area contributed by atoms with Gasteiger partial charge in [0.1, 0.15) is 11.6 Å². The second-order valence-electron chi connectivity index (χ2n) is 5.91. The number of pyridine rings is 1. The molecule has 4 nitrogen and oxygen atoms in total. The van der Waals surface area contributed by atoms with Crippen molar-refractivity contribution in [1.29, 1.82) is 0 Å². The van der Waals surface area contributed by atoms with Gasteiger partial charge < -0.3 is 9.73 Å². The van der Waals surface area contributed by atoms with Crippen LogP contribution in [0.25, 0.3) is 22.5 Å². The lowest BCUT2D eigenvalue weighted by Crippen LogP contribution is -2.11. The maximum atomic E-state index is 13.1. The molecule has 0 aliphatic heterocycles. The van der Waals surface area contributed by atoms with E-state index in [9.17, 15) is 9.18 Å². The van der Waals surface area contributed by atoms with Crippen LogP contribution in [0.3, 0.4) is 0 Å². The first-order valence-corrected chi connectivity index (χ1v) is 8.37. The Balaban J connectivity index is 1.58. The smallest absolute Gasteiger partial charge is 0.291 e. The molecule has 0 aliphatic carbocycles. The third kappa shape index (κ3) is 3.62. The summed E-state index contributed by atoms with van der Waals surface area (Å²) in [5.41, 5.74) is 3.21. The van der Waals surface area contributed by atoms with Crippen molar-refractivity contribution in [2.75, 3.05) is 5.32 Å². The molecule has 2 heterocycles. The van der Waals surface area contributed by atoms with Gasteiger partial charge in [-0.3, -0.25) is 9.78 Å². The molecule has 1 amide bonds. The topological polar surface area (TPSA) is 55.1 Å². The lowest BCUT2D eigenvalue weighted by molar-refractivity contribution is 0.0997. The molecule has 0 saturated heterocycles. The van der Waals surface area contributed by atoms with E-state index in [1.165, 1.54) is 12.1 Å². The number of benzene rings is 2. The Morgan fingerprint density at radius 3 is 2.37 bits per heavy atom. The van der Waals surface area contributed by atoms with E-state index in [4.69, 9.17) is 4.42 Å². The Kier molecular flexibility index (Phi) is 4.49. The summed E-state index contributed by atoms with van der Waals surface area (Å²) in [6.07, 6.45) is 3.41. The van der Waals surface area contributed by atoms with E-state index in [2.05, 4.69) is 10.3 Å². The zero-order valence-electron chi connectivity index (χ0n) is 14.2. The van der Waals surface area contributed by atoms with Gasteiger partial charge in [0, 0.05) is 29.2 Å². The van der Waals surface area contributed by atoms with Crippen molar-refractivity contribution in [2.24, 2.45) is 0 Å². The number of furan rings is 1. The summed E-state index contributed by atoms with van der Waals surface area (Å²) in [6, 6.07) is 20.5. The molecule has 4 aromatic rings. The quantitative estimate of drug-likeness (QED) is 0.531. The molecule has 27 heavy (non-hydrogen) atoms. The van der Waals surface area contributed by atoms with Gasteiger partial charge in [-0.25, -0.2) is 4.39 Å². The number of amides is 1. The summed E-state index contributed by atoms with van der Waals surface area (Å²) < 4.78 is 18.7. The first kappa shape index (κ1) is 16.7. The number of rotatable bonds is 4. The van der Waals surface area contributed by atoms with Crippen LogP contribution >= 0.6 is 0 Å². The predicted octanol–water partition coefficient (Wildman–Crippen LogP) is 5.40. The van der Waals surface area contributed by atoms with Crippen molar-refractivity contribution in [2.45, 2.75) is 0 Å². The molecule has 132 valence electrons. The number of hydrogen-bond donors (Lipinski definition) is 1. The average Bonchev–Trinajstić information content (AvgIpc) is 3.20. The standard InChI is InChI=1S/C22H15FN2O2/c23-17-7-5-16(6-8-17)20-9-10-21(27-20)22(26)25-19-4-2-1-3-18(19)15-11-13-24-14-12-15/h1-14H,(H,25,26). The van der Waals surface area contributed by atoms with Crippen molar-refractivity contribution in [3.8, 4) is 22.5 Å². The fraction of sp³-hybridized carbons (Fsp3) is 0. The third-order valence-electron chi connectivity index (χ3n) is 4.13. The number of hydrogen-bond acceptors (Lipinski definition) is 3. The fourth-order valence-electron chi connectivity index (χ4n) is 2.79. The number of nitrogens with one attached hydrogen (secondary N) is 1. The number of nitrogens with zero attached hydrogens (tertiary/aromatic N) is 1. The highest BCUT2D eigenvalue weighted by molar-refractivity contribution is 6.04. The SMILES string of the molecule is O=C(Nc1ccccc1-c1ccncc1)c1ccc(-c2ccc(F)cc2)o1. The Hall–Kier alpha value is -3.73. The van der Waals surface area contributed by atoms with Gasteiger partial charge in [0.05, 0.1) is 0 Å². The minimum absolute atomic E-state index is 0.179. The second kappa shape index (κ2) is 7.25. The lowest BCUT2D eigenvalue weighted by atomic mass is 10.1.